The first-order valence-electron chi connectivity index (χ1n) is 5.71. The summed E-state index contributed by atoms with van der Waals surface area (Å²) < 4.78 is 1.95. The van der Waals surface area contributed by atoms with Crippen LogP contribution in [0.5, 0.6) is 0 Å². The maximum absolute atomic E-state index is 12.1. The number of nitrogens with one attached hydrogen (secondary N) is 1. The molecule has 0 radical (unpaired) electrons. The molecule has 0 aliphatic heterocycles. The van der Waals surface area contributed by atoms with Crippen LogP contribution >= 0.6 is 11.3 Å². The van der Waals surface area contributed by atoms with Crippen molar-refractivity contribution < 1.29 is 4.79 Å². The molecule has 0 aliphatic carbocycles. The predicted octanol–water partition coefficient (Wildman–Crippen LogP) is 1.29. The fraction of sp³-hybridized carbons (Fsp3) is 0.417. The van der Waals surface area contributed by atoms with Crippen molar-refractivity contribution >= 4 is 27.5 Å². The lowest BCUT2D eigenvalue weighted by molar-refractivity contribution is -0.122. The van der Waals surface area contributed by atoms with Crippen LogP contribution in [0.1, 0.15) is 19.4 Å². The van der Waals surface area contributed by atoms with E-state index in [1.54, 1.807) is 0 Å². The highest BCUT2D eigenvalue weighted by Crippen LogP contribution is 2.19. The molecule has 0 spiro atoms. The molecule has 0 bridgehead atoms. The van der Waals surface area contributed by atoms with Gasteiger partial charge >= 0.3 is 0 Å². The fourth-order valence-electron chi connectivity index (χ4n) is 1.70. The highest BCUT2D eigenvalue weighted by atomic mass is 32.1. The van der Waals surface area contributed by atoms with Crippen LogP contribution in [0.25, 0.3) is 10.2 Å². The largest absolute Gasteiger partial charge is 0.352 e. The Labute approximate surface area is 108 Å². The Hall–Kier alpha value is -1.69. The molecule has 2 aromatic rings. The molecule has 2 aromatic heterocycles. The van der Waals surface area contributed by atoms with E-state index in [-0.39, 0.29) is 24.1 Å². The van der Waals surface area contributed by atoms with Crippen LogP contribution in [-0.4, -0.2) is 21.5 Å². The Morgan fingerprint density at radius 1 is 1.56 bits per heavy atom. The van der Waals surface area contributed by atoms with Gasteiger partial charge in [0, 0.05) is 6.04 Å². The Morgan fingerprint density at radius 3 is 2.94 bits per heavy atom. The van der Waals surface area contributed by atoms with Gasteiger partial charge in [0.1, 0.15) is 11.2 Å². The van der Waals surface area contributed by atoms with Crippen molar-refractivity contribution in [2.75, 3.05) is 0 Å². The minimum absolute atomic E-state index is 0.0108. The molecule has 18 heavy (non-hydrogen) atoms. The standard InChI is InChI=1S/C12H15N3O2S/c1-7(2)14-9(16)4-15-6-13-10-8(3)5-18-11(10)12(15)17/h5-7H,4H2,1-3H3,(H,14,16). The van der Waals surface area contributed by atoms with Crippen molar-refractivity contribution in [3.8, 4) is 0 Å². The van der Waals surface area contributed by atoms with Crippen LogP contribution in [0.4, 0.5) is 0 Å². The van der Waals surface area contributed by atoms with Crippen molar-refractivity contribution in [1.29, 1.82) is 0 Å². The maximum Gasteiger partial charge on any atom is 0.271 e. The molecular weight excluding hydrogens is 250 g/mol. The molecule has 0 saturated heterocycles. The fourth-order valence-corrected chi connectivity index (χ4v) is 2.65. The molecule has 1 amide bonds. The summed E-state index contributed by atoms with van der Waals surface area (Å²) >= 11 is 1.37. The van der Waals surface area contributed by atoms with Gasteiger partial charge in [-0.1, -0.05) is 0 Å². The van der Waals surface area contributed by atoms with Crippen molar-refractivity contribution in [1.82, 2.24) is 14.9 Å². The smallest absolute Gasteiger partial charge is 0.271 e. The molecule has 1 N–H and O–H groups in total. The second-order valence-electron chi connectivity index (χ2n) is 4.50. The van der Waals surface area contributed by atoms with Crippen LogP contribution in [0, 0.1) is 6.92 Å². The van der Waals surface area contributed by atoms with Crippen LogP contribution in [0.15, 0.2) is 16.5 Å². The number of fused-ring (bicyclic) bond motifs is 1. The molecule has 5 nitrogen and oxygen atoms in total. The van der Waals surface area contributed by atoms with Crippen molar-refractivity contribution in [3.63, 3.8) is 0 Å². The number of hydrogen-bond donors (Lipinski definition) is 1. The number of carbonyl (C=O) groups is 1. The van der Waals surface area contributed by atoms with Gasteiger partial charge < -0.3 is 5.32 Å². The van der Waals surface area contributed by atoms with Gasteiger partial charge in [0.25, 0.3) is 5.56 Å². The summed E-state index contributed by atoms with van der Waals surface area (Å²) in [5.41, 5.74) is 1.56. The third kappa shape index (κ3) is 2.43. The molecule has 0 saturated carbocycles. The van der Waals surface area contributed by atoms with E-state index >= 15 is 0 Å². The summed E-state index contributed by atoms with van der Waals surface area (Å²) in [6.45, 7) is 5.69. The zero-order valence-electron chi connectivity index (χ0n) is 10.6. The minimum Gasteiger partial charge on any atom is -0.352 e. The van der Waals surface area contributed by atoms with E-state index < -0.39 is 0 Å². The number of carbonyl (C=O) groups excluding carboxylic acids is 1. The zero-order chi connectivity index (χ0) is 13.3. The van der Waals surface area contributed by atoms with E-state index in [2.05, 4.69) is 10.3 Å². The normalized spacial score (nSPS) is 11.1. The third-order valence-electron chi connectivity index (χ3n) is 2.49. The third-order valence-corrected chi connectivity index (χ3v) is 3.56. The monoisotopic (exact) mass is 265 g/mol. The Bertz CT molecular complexity index is 642. The summed E-state index contributed by atoms with van der Waals surface area (Å²) in [5, 5.41) is 4.65. The van der Waals surface area contributed by atoms with Gasteiger partial charge in [-0.05, 0) is 31.7 Å². The molecule has 2 heterocycles. The first-order valence-corrected chi connectivity index (χ1v) is 6.59. The molecule has 0 unspecified atom stereocenters. The number of rotatable bonds is 3. The van der Waals surface area contributed by atoms with Gasteiger partial charge in [0.2, 0.25) is 5.91 Å². The number of amides is 1. The molecular formula is C12H15N3O2S. The highest BCUT2D eigenvalue weighted by molar-refractivity contribution is 7.17. The lowest BCUT2D eigenvalue weighted by Crippen LogP contribution is -2.36. The molecule has 6 heteroatoms. The van der Waals surface area contributed by atoms with Crippen LogP contribution in [0.3, 0.4) is 0 Å². The van der Waals surface area contributed by atoms with E-state index in [0.717, 1.165) is 11.1 Å². The Balaban J connectivity index is 2.32. The Morgan fingerprint density at radius 2 is 2.28 bits per heavy atom. The van der Waals surface area contributed by atoms with Crippen LogP contribution < -0.4 is 10.9 Å². The van der Waals surface area contributed by atoms with E-state index in [4.69, 9.17) is 0 Å². The topological polar surface area (TPSA) is 64.0 Å². The summed E-state index contributed by atoms with van der Waals surface area (Å²) in [5.74, 6) is -0.179. The molecule has 0 fully saturated rings. The number of aryl methyl sites for hydroxylation is 1. The van der Waals surface area contributed by atoms with E-state index in [1.807, 2.05) is 26.2 Å². The molecule has 0 atom stereocenters. The first kappa shape index (κ1) is 12.8. The van der Waals surface area contributed by atoms with Gasteiger partial charge in [-0.15, -0.1) is 11.3 Å². The Kier molecular flexibility index (Phi) is 3.47. The first-order chi connectivity index (χ1) is 8.49. The van der Waals surface area contributed by atoms with E-state index in [0.29, 0.717) is 4.70 Å². The maximum atomic E-state index is 12.1. The van der Waals surface area contributed by atoms with Gasteiger partial charge in [-0.2, -0.15) is 0 Å². The quantitative estimate of drug-likeness (QED) is 0.909. The van der Waals surface area contributed by atoms with Gasteiger partial charge in [-0.25, -0.2) is 4.98 Å². The van der Waals surface area contributed by atoms with E-state index in [9.17, 15) is 9.59 Å². The zero-order valence-corrected chi connectivity index (χ0v) is 11.4. The summed E-state index contributed by atoms with van der Waals surface area (Å²) in [4.78, 5) is 28.0. The van der Waals surface area contributed by atoms with Gasteiger partial charge in [0.15, 0.2) is 0 Å². The second-order valence-corrected chi connectivity index (χ2v) is 5.38. The lowest BCUT2D eigenvalue weighted by atomic mass is 10.3. The van der Waals surface area contributed by atoms with Crippen LogP contribution in [0.2, 0.25) is 0 Å². The number of hydrogen-bond acceptors (Lipinski definition) is 4. The van der Waals surface area contributed by atoms with Gasteiger partial charge in [-0.3, -0.25) is 14.2 Å². The van der Waals surface area contributed by atoms with E-state index in [1.165, 1.54) is 22.2 Å². The van der Waals surface area contributed by atoms with Crippen molar-refractivity contribution in [2.24, 2.45) is 0 Å². The molecule has 0 aromatic carbocycles. The average Bonchev–Trinajstić information content (AvgIpc) is 2.64. The van der Waals surface area contributed by atoms with Crippen molar-refractivity contribution in [2.45, 2.75) is 33.4 Å². The lowest BCUT2D eigenvalue weighted by Gasteiger charge is -2.09. The number of thiophene rings is 1. The number of nitrogens with zero attached hydrogens (tertiary/aromatic N) is 2. The SMILES string of the molecule is Cc1csc2c(=O)n(CC(=O)NC(C)C)cnc12. The highest BCUT2D eigenvalue weighted by Gasteiger charge is 2.11. The number of aromatic nitrogens is 2. The molecule has 96 valence electrons. The predicted molar refractivity (Wildman–Crippen MR) is 71.9 cm³/mol. The summed E-state index contributed by atoms with van der Waals surface area (Å²) in [7, 11) is 0. The molecule has 2 rings (SSSR count). The molecule has 0 aliphatic rings. The van der Waals surface area contributed by atoms with Crippen molar-refractivity contribution in [3.05, 3.63) is 27.6 Å². The second kappa shape index (κ2) is 4.89. The minimum atomic E-state index is -0.179. The average molecular weight is 265 g/mol. The van der Waals surface area contributed by atoms with Crippen LogP contribution in [-0.2, 0) is 11.3 Å². The summed E-state index contributed by atoms with van der Waals surface area (Å²) in [6.07, 6.45) is 1.43. The summed E-state index contributed by atoms with van der Waals surface area (Å²) in [6, 6.07) is 0.0638. The van der Waals surface area contributed by atoms with Gasteiger partial charge in [0.05, 0.1) is 11.8 Å².